The van der Waals surface area contributed by atoms with Gasteiger partial charge in [-0.2, -0.15) is 0 Å². The molecule has 0 unspecified atom stereocenters. The third-order valence-corrected chi connectivity index (χ3v) is 5.65. The van der Waals surface area contributed by atoms with Crippen molar-refractivity contribution in [3.8, 4) is 0 Å². The molecule has 0 fully saturated rings. The molecular weight excluding hydrogens is 336 g/mol. The first kappa shape index (κ1) is 21.3. The number of hydrogen-bond acceptors (Lipinski definition) is 4. The second-order valence-electron chi connectivity index (χ2n) is 8.54. The van der Waals surface area contributed by atoms with Crippen LogP contribution in [0.3, 0.4) is 0 Å². The smallest absolute Gasteiger partial charge is 0.168 e. The molecule has 0 amide bonds. The van der Waals surface area contributed by atoms with E-state index in [0.29, 0.717) is 5.05 Å². The zero-order valence-electron chi connectivity index (χ0n) is 16.3. The SMILES string of the molecule is CC(=S)OC(C)(C)c1cc(CO)cc(C(C)(C)O[SiH2]C(C)(C)C)c1. The van der Waals surface area contributed by atoms with Crippen LogP contribution < -0.4 is 0 Å². The normalized spacial score (nSPS) is 13.5. The van der Waals surface area contributed by atoms with E-state index in [1.165, 1.54) is 0 Å². The summed E-state index contributed by atoms with van der Waals surface area (Å²) in [6.45, 7) is 16.5. The van der Waals surface area contributed by atoms with Gasteiger partial charge in [-0.15, -0.1) is 0 Å². The summed E-state index contributed by atoms with van der Waals surface area (Å²) in [4.78, 5) is 0. The Balaban J connectivity index is 3.24. The maximum atomic E-state index is 9.66. The number of rotatable bonds is 6. The molecule has 0 aromatic heterocycles. The quantitative estimate of drug-likeness (QED) is 0.599. The number of thiocarbonyl (C=S) groups is 1. The fourth-order valence-electron chi connectivity index (χ4n) is 2.38. The molecule has 24 heavy (non-hydrogen) atoms. The van der Waals surface area contributed by atoms with Crippen molar-refractivity contribution in [2.24, 2.45) is 0 Å². The Kier molecular flexibility index (Phi) is 6.78. The van der Waals surface area contributed by atoms with Gasteiger partial charge in [-0.1, -0.05) is 26.8 Å². The molecule has 0 heterocycles. The summed E-state index contributed by atoms with van der Waals surface area (Å²) in [5.41, 5.74) is 1.95. The highest BCUT2D eigenvalue weighted by atomic mass is 32.1. The van der Waals surface area contributed by atoms with E-state index in [0.717, 1.165) is 16.7 Å². The first-order valence-electron chi connectivity index (χ1n) is 8.36. The summed E-state index contributed by atoms with van der Waals surface area (Å²) in [6.07, 6.45) is 0. The Bertz CT molecular complexity index is 589. The third kappa shape index (κ3) is 6.28. The van der Waals surface area contributed by atoms with E-state index in [1.54, 1.807) is 6.92 Å². The predicted molar refractivity (Wildman–Crippen MR) is 107 cm³/mol. The summed E-state index contributed by atoms with van der Waals surface area (Å²) in [5.74, 6) is 0. The molecule has 0 atom stereocenters. The molecule has 1 N–H and O–H groups in total. The van der Waals surface area contributed by atoms with Crippen LogP contribution >= 0.6 is 12.2 Å². The summed E-state index contributed by atoms with van der Waals surface area (Å²) in [7, 11) is -0.696. The van der Waals surface area contributed by atoms with E-state index in [4.69, 9.17) is 21.4 Å². The van der Waals surface area contributed by atoms with E-state index in [-0.39, 0.29) is 11.6 Å². The van der Waals surface area contributed by atoms with Crippen LogP contribution in [0.1, 0.15) is 72.1 Å². The maximum Gasteiger partial charge on any atom is 0.168 e. The fraction of sp³-hybridized carbons (Fsp3) is 0.632. The van der Waals surface area contributed by atoms with Crippen molar-refractivity contribution in [1.29, 1.82) is 0 Å². The summed E-state index contributed by atoms with van der Waals surface area (Å²) >= 11 is 5.10. The first-order valence-corrected chi connectivity index (χ1v) is 10.1. The molecule has 0 saturated heterocycles. The Hall–Kier alpha value is -0.753. The van der Waals surface area contributed by atoms with Crippen LogP contribution in [0.15, 0.2) is 18.2 Å². The highest BCUT2D eigenvalue weighted by molar-refractivity contribution is 7.80. The average Bonchev–Trinajstić information content (AvgIpc) is 2.42. The summed E-state index contributed by atoms with van der Waals surface area (Å²) in [5, 5.41) is 10.4. The van der Waals surface area contributed by atoms with Gasteiger partial charge in [0.2, 0.25) is 0 Å². The van der Waals surface area contributed by atoms with Crippen molar-refractivity contribution in [2.75, 3.05) is 0 Å². The van der Waals surface area contributed by atoms with Crippen LogP contribution in [-0.4, -0.2) is 19.9 Å². The van der Waals surface area contributed by atoms with Crippen LogP contribution in [0.25, 0.3) is 0 Å². The number of aliphatic hydroxyl groups is 1. The van der Waals surface area contributed by atoms with E-state index in [2.05, 4.69) is 40.7 Å². The molecule has 0 bridgehead atoms. The second kappa shape index (κ2) is 7.64. The standard InChI is InChI=1S/C19H32O3SSi/c1-13(23)21-18(5,6)15-9-14(12-20)10-16(11-15)19(7,8)22-24-17(2,3)4/h9-11,20H,12,24H2,1-8H3. The molecule has 0 spiro atoms. The molecule has 0 aliphatic heterocycles. The monoisotopic (exact) mass is 368 g/mol. The molecule has 1 aromatic rings. The Labute approximate surface area is 154 Å². The second-order valence-corrected chi connectivity index (χ2v) is 11.8. The van der Waals surface area contributed by atoms with E-state index in [9.17, 15) is 5.11 Å². The Morgan fingerprint density at radius 1 is 1.00 bits per heavy atom. The highest BCUT2D eigenvalue weighted by Crippen LogP contribution is 2.34. The van der Waals surface area contributed by atoms with Crippen LogP contribution in [0, 0.1) is 0 Å². The average molecular weight is 369 g/mol. The van der Waals surface area contributed by atoms with Gasteiger partial charge in [0.1, 0.15) is 5.60 Å². The van der Waals surface area contributed by atoms with Crippen molar-refractivity contribution in [3.63, 3.8) is 0 Å². The molecule has 1 aromatic carbocycles. The lowest BCUT2D eigenvalue weighted by molar-refractivity contribution is 0.0941. The summed E-state index contributed by atoms with van der Waals surface area (Å²) < 4.78 is 12.1. The summed E-state index contributed by atoms with van der Waals surface area (Å²) in [6, 6.07) is 6.09. The largest absolute Gasteiger partial charge is 0.477 e. The van der Waals surface area contributed by atoms with Crippen molar-refractivity contribution < 1.29 is 14.3 Å². The van der Waals surface area contributed by atoms with Gasteiger partial charge in [-0.05, 0) is 73.8 Å². The number of benzene rings is 1. The lowest BCUT2D eigenvalue weighted by atomic mass is 9.89. The molecule has 0 aliphatic carbocycles. The van der Waals surface area contributed by atoms with Crippen LogP contribution in [0.2, 0.25) is 5.04 Å². The zero-order chi connectivity index (χ0) is 18.8. The van der Waals surface area contributed by atoms with Gasteiger partial charge in [0, 0.05) is 6.92 Å². The van der Waals surface area contributed by atoms with Crippen molar-refractivity contribution in [1.82, 2.24) is 0 Å². The van der Waals surface area contributed by atoms with Gasteiger partial charge in [0.25, 0.3) is 0 Å². The number of aliphatic hydroxyl groups excluding tert-OH is 1. The van der Waals surface area contributed by atoms with Gasteiger partial charge in [-0.3, -0.25) is 0 Å². The lowest BCUT2D eigenvalue weighted by Crippen LogP contribution is -2.29. The van der Waals surface area contributed by atoms with Crippen LogP contribution in [0.4, 0.5) is 0 Å². The van der Waals surface area contributed by atoms with Gasteiger partial charge < -0.3 is 14.3 Å². The third-order valence-electron chi connectivity index (χ3n) is 3.83. The maximum absolute atomic E-state index is 9.66. The molecule has 3 nitrogen and oxygen atoms in total. The van der Waals surface area contributed by atoms with Gasteiger partial charge in [-0.25, -0.2) is 0 Å². The minimum Gasteiger partial charge on any atom is -0.477 e. The van der Waals surface area contributed by atoms with Crippen molar-refractivity contribution in [2.45, 2.75) is 78.2 Å². The Morgan fingerprint density at radius 3 is 1.92 bits per heavy atom. The molecule has 0 saturated carbocycles. The van der Waals surface area contributed by atoms with Crippen LogP contribution in [-0.2, 0) is 27.0 Å². The molecular formula is C19H32O3SSi. The topological polar surface area (TPSA) is 38.7 Å². The van der Waals surface area contributed by atoms with Crippen molar-refractivity contribution in [3.05, 3.63) is 34.9 Å². The van der Waals surface area contributed by atoms with Gasteiger partial charge in [0.15, 0.2) is 14.8 Å². The van der Waals surface area contributed by atoms with E-state index in [1.807, 2.05) is 26.0 Å². The number of ether oxygens (including phenoxy) is 1. The Morgan fingerprint density at radius 2 is 1.50 bits per heavy atom. The molecule has 0 aliphatic rings. The lowest BCUT2D eigenvalue weighted by Gasteiger charge is -2.33. The minimum atomic E-state index is -0.696. The zero-order valence-corrected chi connectivity index (χ0v) is 18.5. The molecule has 5 heteroatoms. The van der Waals surface area contributed by atoms with Gasteiger partial charge >= 0.3 is 0 Å². The predicted octanol–water partition coefficient (Wildman–Crippen LogP) is 4.33. The fourth-order valence-corrected chi connectivity index (χ4v) is 3.55. The van der Waals surface area contributed by atoms with E-state index >= 15 is 0 Å². The van der Waals surface area contributed by atoms with Crippen molar-refractivity contribution >= 4 is 27.0 Å². The first-order chi connectivity index (χ1) is 10.8. The highest BCUT2D eigenvalue weighted by Gasteiger charge is 2.29. The minimum absolute atomic E-state index is 0.0136. The molecule has 1 rings (SSSR count). The van der Waals surface area contributed by atoms with Crippen LogP contribution in [0.5, 0.6) is 0 Å². The number of hydrogen-bond donors (Lipinski definition) is 1. The van der Waals surface area contributed by atoms with Gasteiger partial charge in [0.05, 0.1) is 12.2 Å². The molecule has 136 valence electrons. The molecule has 0 radical (unpaired) electrons. The van der Waals surface area contributed by atoms with E-state index < -0.39 is 21.0 Å².